The molecule has 31 heavy (non-hydrogen) atoms. The van der Waals surface area contributed by atoms with Crippen molar-refractivity contribution in [2.75, 3.05) is 31.9 Å². The standard InChI is InChI=1S/C22H30FN3O4S/c1-14-17(6-7-19(23)18(14)10-24)20(28)12-25-8-9-26(21(29)30-22(3,4)5)11-16(25)13-31-15(2)27/h6-7,16,20,28H,8-9,11-13H2,1-5H3/t16-,20?/m0/s1. The Labute approximate surface area is 187 Å². The topological polar surface area (TPSA) is 93.9 Å². The largest absolute Gasteiger partial charge is 0.444 e. The highest BCUT2D eigenvalue weighted by Crippen LogP contribution is 2.26. The molecule has 0 saturated carbocycles. The summed E-state index contributed by atoms with van der Waals surface area (Å²) in [4.78, 5) is 27.6. The van der Waals surface area contributed by atoms with Crippen molar-refractivity contribution in [3.8, 4) is 6.07 Å². The number of nitriles is 1. The Hall–Kier alpha value is -2.15. The summed E-state index contributed by atoms with van der Waals surface area (Å²) >= 11 is 1.17. The van der Waals surface area contributed by atoms with Crippen molar-refractivity contribution < 1.29 is 23.8 Å². The fraction of sp³-hybridized carbons (Fsp3) is 0.591. The number of aliphatic hydroxyl groups is 1. The van der Waals surface area contributed by atoms with Gasteiger partial charge >= 0.3 is 6.09 Å². The van der Waals surface area contributed by atoms with E-state index < -0.39 is 23.6 Å². The first-order valence-corrected chi connectivity index (χ1v) is 11.1. The maximum atomic E-state index is 13.8. The van der Waals surface area contributed by atoms with Gasteiger partial charge < -0.3 is 14.7 Å². The highest BCUT2D eigenvalue weighted by atomic mass is 32.2. The Bertz CT molecular complexity index is 866. The first-order valence-electron chi connectivity index (χ1n) is 10.2. The van der Waals surface area contributed by atoms with Crippen LogP contribution in [-0.2, 0) is 9.53 Å². The average Bonchev–Trinajstić information content (AvgIpc) is 2.66. The molecule has 1 aliphatic rings. The number of hydrogen-bond acceptors (Lipinski definition) is 7. The molecular weight excluding hydrogens is 421 g/mol. The molecule has 1 fully saturated rings. The van der Waals surface area contributed by atoms with Gasteiger partial charge in [0.1, 0.15) is 17.5 Å². The fourth-order valence-corrected chi connectivity index (χ4v) is 4.25. The second kappa shape index (κ2) is 10.4. The molecule has 0 spiro atoms. The second-order valence-corrected chi connectivity index (χ2v) is 9.84. The highest BCUT2D eigenvalue weighted by molar-refractivity contribution is 8.13. The Balaban J connectivity index is 2.16. The first-order chi connectivity index (χ1) is 14.4. The van der Waals surface area contributed by atoms with Crippen LogP contribution in [0.1, 0.15) is 50.5 Å². The number of carbonyl (C=O) groups excluding carboxylic acids is 2. The van der Waals surface area contributed by atoms with Crippen molar-refractivity contribution in [2.45, 2.75) is 52.4 Å². The molecule has 2 rings (SSSR count). The quantitative estimate of drug-likeness (QED) is 0.734. The summed E-state index contributed by atoms with van der Waals surface area (Å²) in [5, 5.41) is 20.0. The molecule has 2 atom stereocenters. The lowest BCUT2D eigenvalue weighted by Gasteiger charge is -2.42. The van der Waals surface area contributed by atoms with Crippen LogP contribution < -0.4 is 0 Å². The lowest BCUT2D eigenvalue weighted by molar-refractivity contribution is -0.109. The molecule has 0 radical (unpaired) electrons. The molecule has 0 aliphatic carbocycles. The minimum absolute atomic E-state index is 0.0251. The molecule has 0 aromatic heterocycles. The van der Waals surface area contributed by atoms with Crippen LogP contribution in [-0.4, -0.2) is 69.7 Å². The van der Waals surface area contributed by atoms with E-state index in [-0.39, 0.29) is 23.3 Å². The number of rotatable bonds is 5. The van der Waals surface area contributed by atoms with Gasteiger partial charge in [0.15, 0.2) is 5.12 Å². The number of piperazine rings is 1. The smallest absolute Gasteiger partial charge is 0.410 e. The lowest BCUT2D eigenvalue weighted by Crippen LogP contribution is -2.57. The molecule has 0 bridgehead atoms. The van der Waals surface area contributed by atoms with Crippen LogP contribution in [0.25, 0.3) is 0 Å². The van der Waals surface area contributed by atoms with Crippen molar-refractivity contribution in [3.05, 3.63) is 34.6 Å². The molecule has 1 aromatic rings. The highest BCUT2D eigenvalue weighted by Gasteiger charge is 2.33. The SMILES string of the molecule is CC(=O)SC[C@@H]1CN(C(=O)OC(C)(C)C)CCN1CC(O)c1ccc(F)c(C#N)c1C. The van der Waals surface area contributed by atoms with Gasteiger partial charge in [0.2, 0.25) is 0 Å². The third kappa shape index (κ3) is 6.92. The maximum absolute atomic E-state index is 13.8. The summed E-state index contributed by atoms with van der Waals surface area (Å²) in [7, 11) is 0. The molecule has 1 N–H and O–H groups in total. The zero-order valence-corrected chi connectivity index (χ0v) is 19.5. The zero-order chi connectivity index (χ0) is 23.3. The Morgan fingerprint density at radius 2 is 2.06 bits per heavy atom. The van der Waals surface area contributed by atoms with E-state index in [1.807, 2.05) is 11.0 Å². The van der Waals surface area contributed by atoms with Gasteiger partial charge in [-0.2, -0.15) is 5.26 Å². The van der Waals surface area contributed by atoms with Crippen molar-refractivity contribution in [2.24, 2.45) is 0 Å². The van der Waals surface area contributed by atoms with Gasteiger partial charge in [0, 0.05) is 44.9 Å². The average molecular weight is 452 g/mol. The number of β-amino-alcohol motifs (C(OH)–C–C–N with tert-alkyl or cyclic N) is 1. The molecule has 170 valence electrons. The van der Waals surface area contributed by atoms with Crippen LogP contribution in [0.5, 0.6) is 0 Å². The van der Waals surface area contributed by atoms with Gasteiger partial charge in [-0.05, 0) is 44.9 Å². The number of amides is 1. The number of benzene rings is 1. The Morgan fingerprint density at radius 1 is 1.39 bits per heavy atom. The molecule has 7 nitrogen and oxygen atoms in total. The van der Waals surface area contributed by atoms with Crippen LogP contribution >= 0.6 is 11.8 Å². The zero-order valence-electron chi connectivity index (χ0n) is 18.6. The van der Waals surface area contributed by atoms with Crippen molar-refractivity contribution in [3.63, 3.8) is 0 Å². The third-order valence-electron chi connectivity index (χ3n) is 5.07. The van der Waals surface area contributed by atoms with Gasteiger partial charge in [-0.1, -0.05) is 17.8 Å². The Morgan fingerprint density at radius 3 is 2.65 bits per heavy atom. The second-order valence-electron chi connectivity index (χ2n) is 8.64. The number of aliphatic hydroxyl groups excluding tert-OH is 1. The molecule has 9 heteroatoms. The van der Waals surface area contributed by atoms with Crippen LogP contribution in [0.2, 0.25) is 0 Å². The molecule has 1 saturated heterocycles. The summed E-state index contributed by atoms with van der Waals surface area (Å²) in [6.45, 7) is 10.0. The monoisotopic (exact) mass is 451 g/mol. The summed E-state index contributed by atoms with van der Waals surface area (Å²) < 4.78 is 19.3. The van der Waals surface area contributed by atoms with Crippen LogP contribution in [0.3, 0.4) is 0 Å². The van der Waals surface area contributed by atoms with Gasteiger partial charge in [-0.15, -0.1) is 0 Å². The van der Waals surface area contributed by atoms with Crippen molar-refractivity contribution in [1.82, 2.24) is 9.80 Å². The third-order valence-corrected chi connectivity index (χ3v) is 6.03. The normalized spacial score (nSPS) is 18.4. The van der Waals surface area contributed by atoms with Gasteiger partial charge in [0.25, 0.3) is 0 Å². The summed E-state index contributed by atoms with van der Waals surface area (Å²) in [6, 6.07) is 4.36. The number of nitrogens with zero attached hydrogens (tertiary/aromatic N) is 3. The number of thioether (sulfide) groups is 1. The molecule has 1 aliphatic heterocycles. The number of halogens is 1. The summed E-state index contributed by atoms with van der Waals surface area (Å²) in [5.41, 5.74) is 0.226. The van der Waals surface area contributed by atoms with E-state index in [2.05, 4.69) is 0 Å². The van der Waals surface area contributed by atoms with E-state index in [1.54, 1.807) is 32.6 Å². The molecule has 1 amide bonds. The van der Waals surface area contributed by atoms with Crippen LogP contribution in [0.4, 0.5) is 9.18 Å². The fourth-order valence-electron chi connectivity index (χ4n) is 3.51. The predicted molar refractivity (Wildman–Crippen MR) is 117 cm³/mol. The van der Waals surface area contributed by atoms with Gasteiger partial charge in [-0.3, -0.25) is 9.69 Å². The van der Waals surface area contributed by atoms with Crippen LogP contribution in [0, 0.1) is 24.1 Å². The van der Waals surface area contributed by atoms with Gasteiger partial charge in [-0.25, -0.2) is 9.18 Å². The van der Waals surface area contributed by atoms with E-state index in [0.717, 1.165) is 0 Å². The van der Waals surface area contributed by atoms with Gasteiger partial charge in [0.05, 0.1) is 11.7 Å². The minimum Gasteiger partial charge on any atom is -0.444 e. The van der Waals surface area contributed by atoms with E-state index in [4.69, 9.17) is 4.74 Å². The molecule has 1 aromatic carbocycles. The molecule has 1 unspecified atom stereocenters. The van der Waals surface area contributed by atoms with Crippen molar-refractivity contribution in [1.29, 1.82) is 5.26 Å². The Kier molecular flexibility index (Phi) is 8.46. The first kappa shape index (κ1) is 25.1. The molecule has 1 heterocycles. The van der Waals surface area contributed by atoms with E-state index in [1.165, 1.54) is 30.8 Å². The number of carbonyl (C=O) groups is 2. The minimum atomic E-state index is -0.939. The predicted octanol–water partition coefficient (Wildman–Crippen LogP) is 3.24. The van der Waals surface area contributed by atoms with Crippen molar-refractivity contribution >= 4 is 23.0 Å². The maximum Gasteiger partial charge on any atom is 0.410 e. The number of hydrogen-bond donors (Lipinski definition) is 1. The van der Waals surface area contributed by atoms with E-state index in [9.17, 15) is 24.3 Å². The lowest BCUT2D eigenvalue weighted by atomic mass is 9.97. The molecular formula is C22H30FN3O4S. The number of ether oxygens (including phenoxy) is 1. The van der Waals surface area contributed by atoms with E-state index >= 15 is 0 Å². The summed E-state index contributed by atoms with van der Waals surface area (Å²) in [6.07, 6.45) is -1.34. The van der Waals surface area contributed by atoms with Crippen LogP contribution in [0.15, 0.2) is 12.1 Å². The summed E-state index contributed by atoms with van der Waals surface area (Å²) in [5.74, 6) is -0.148. The van der Waals surface area contributed by atoms with E-state index in [0.29, 0.717) is 36.5 Å².